The molecule has 0 fully saturated rings. The fraction of sp³-hybridized carbons (Fsp3) is 0.0909. The lowest BCUT2D eigenvalue weighted by Crippen LogP contribution is -2.50. The van der Waals surface area contributed by atoms with Crippen LogP contribution in [0.25, 0.3) is 0 Å². The van der Waals surface area contributed by atoms with Gasteiger partial charge in [0.2, 0.25) is 0 Å². The van der Waals surface area contributed by atoms with Gasteiger partial charge in [-0.25, -0.2) is 0 Å². The minimum Gasteiger partial charge on any atom is -0.266 e. The lowest BCUT2D eigenvalue weighted by molar-refractivity contribution is 0.0837. The molecular formula is C22H18BrN3O5S2. The quantitative estimate of drug-likeness (QED) is 0.501. The van der Waals surface area contributed by atoms with Crippen LogP contribution in [0.4, 0.5) is 0 Å². The standard InChI is InChI=1S/C22H18BrN3O5S2/c1-14-11-12-19(15(2)13-14)33(30,31)26(22(27)16-7-3-5-9-18(16)23)24-21-17-8-4-6-10-20(17)32(28,29)25-21/h3-13H,1-2H3,(H,24,25). The number of amidine groups is 1. The number of sulfonamides is 2. The average Bonchev–Trinajstić information content (AvgIpc) is 3.02. The van der Waals surface area contributed by atoms with Crippen molar-refractivity contribution in [2.45, 2.75) is 23.6 Å². The second-order valence-electron chi connectivity index (χ2n) is 7.35. The zero-order valence-corrected chi connectivity index (χ0v) is 20.7. The summed E-state index contributed by atoms with van der Waals surface area (Å²) in [7, 11) is -8.50. The van der Waals surface area contributed by atoms with Crippen molar-refractivity contribution in [1.29, 1.82) is 0 Å². The summed E-state index contributed by atoms with van der Waals surface area (Å²) in [6, 6.07) is 17.0. The van der Waals surface area contributed by atoms with Crippen molar-refractivity contribution in [2.75, 3.05) is 0 Å². The minimum atomic E-state index is -4.46. The highest BCUT2D eigenvalue weighted by Crippen LogP contribution is 2.28. The molecule has 0 aromatic heterocycles. The number of nitrogens with one attached hydrogen (secondary N) is 1. The van der Waals surface area contributed by atoms with Crippen LogP contribution in [-0.4, -0.2) is 33.0 Å². The molecule has 33 heavy (non-hydrogen) atoms. The molecule has 0 aliphatic carbocycles. The molecule has 1 heterocycles. The topological polar surface area (TPSA) is 113 Å². The summed E-state index contributed by atoms with van der Waals surface area (Å²) >= 11 is 3.27. The van der Waals surface area contributed by atoms with Gasteiger partial charge in [-0.3, -0.25) is 10.2 Å². The molecule has 0 saturated heterocycles. The van der Waals surface area contributed by atoms with Crippen molar-refractivity contribution in [3.63, 3.8) is 0 Å². The van der Waals surface area contributed by atoms with Gasteiger partial charge in [-0.05, 0) is 65.7 Å². The van der Waals surface area contributed by atoms with Gasteiger partial charge in [0.15, 0.2) is 5.84 Å². The molecule has 8 nitrogen and oxygen atoms in total. The average molecular weight is 548 g/mol. The Morgan fingerprint density at radius 2 is 1.67 bits per heavy atom. The number of rotatable bonds is 3. The van der Waals surface area contributed by atoms with Gasteiger partial charge >= 0.3 is 0 Å². The Bertz CT molecular complexity index is 1530. The second-order valence-corrected chi connectivity index (χ2v) is 11.5. The number of carbonyl (C=O) groups excluding carboxylic acids is 1. The van der Waals surface area contributed by atoms with Gasteiger partial charge in [0.1, 0.15) is 4.90 Å². The van der Waals surface area contributed by atoms with Crippen LogP contribution in [0.2, 0.25) is 0 Å². The van der Waals surface area contributed by atoms with Crippen LogP contribution in [0.15, 0.2) is 85.4 Å². The summed E-state index contributed by atoms with van der Waals surface area (Å²) in [4.78, 5) is 13.3. The summed E-state index contributed by atoms with van der Waals surface area (Å²) in [6.45, 7) is 3.44. The minimum absolute atomic E-state index is 0.0630. The second kappa shape index (κ2) is 8.40. The zero-order chi connectivity index (χ0) is 24.0. The fourth-order valence-corrected chi connectivity index (χ4v) is 6.48. The van der Waals surface area contributed by atoms with E-state index in [0.717, 1.165) is 5.56 Å². The largest absolute Gasteiger partial charge is 0.288 e. The molecular weight excluding hydrogens is 530 g/mol. The van der Waals surface area contributed by atoms with Gasteiger partial charge in [0, 0.05) is 10.0 Å². The van der Waals surface area contributed by atoms with Crippen molar-refractivity contribution in [2.24, 2.45) is 4.40 Å². The Morgan fingerprint density at radius 1 is 1.00 bits per heavy atom. The zero-order valence-electron chi connectivity index (χ0n) is 17.5. The molecule has 0 atom stereocenters. The summed E-state index contributed by atoms with van der Waals surface area (Å²) in [6.07, 6.45) is 0. The van der Waals surface area contributed by atoms with E-state index in [1.165, 1.54) is 30.3 Å². The normalized spacial score (nSPS) is 14.3. The molecule has 3 aromatic rings. The van der Waals surface area contributed by atoms with Gasteiger partial charge in [-0.1, -0.05) is 42.0 Å². The van der Waals surface area contributed by atoms with E-state index in [1.54, 1.807) is 43.3 Å². The number of nitrogens with zero attached hydrogens (tertiary/aromatic N) is 2. The number of hydrogen-bond acceptors (Lipinski definition) is 6. The van der Waals surface area contributed by atoms with Crippen molar-refractivity contribution < 1.29 is 21.6 Å². The van der Waals surface area contributed by atoms with Crippen molar-refractivity contribution in [3.05, 3.63) is 93.5 Å². The number of amides is 1. The van der Waals surface area contributed by atoms with Gasteiger partial charge in [-0.15, -0.1) is 8.81 Å². The highest BCUT2D eigenvalue weighted by atomic mass is 79.9. The van der Waals surface area contributed by atoms with Crippen LogP contribution in [-0.2, 0) is 20.0 Å². The first-order chi connectivity index (χ1) is 15.5. The summed E-state index contributed by atoms with van der Waals surface area (Å²) in [5.74, 6) is -1.17. The highest BCUT2D eigenvalue weighted by molar-refractivity contribution is 9.10. The third-order valence-electron chi connectivity index (χ3n) is 4.98. The molecule has 0 bridgehead atoms. The van der Waals surface area contributed by atoms with E-state index in [0.29, 0.717) is 14.5 Å². The van der Waals surface area contributed by atoms with Crippen LogP contribution in [0.3, 0.4) is 0 Å². The highest BCUT2D eigenvalue weighted by Gasteiger charge is 2.37. The fourth-order valence-electron chi connectivity index (χ4n) is 3.43. The maximum Gasteiger partial charge on any atom is 0.288 e. The Balaban J connectivity index is 1.88. The predicted molar refractivity (Wildman–Crippen MR) is 127 cm³/mol. The maximum atomic E-state index is 13.7. The van der Waals surface area contributed by atoms with E-state index in [4.69, 9.17) is 0 Å². The van der Waals surface area contributed by atoms with Gasteiger partial charge in [-0.2, -0.15) is 16.8 Å². The Labute approximate surface area is 200 Å². The monoisotopic (exact) mass is 547 g/mol. The van der Waals surface area contributed by atoms with Gasteiger partial charge < -0.3 is 0 Å². The van der Waals surface area contributed by atoms with Gasteiger partial charge in [0.25, 0.3) is 26.0 Å². The molecule has 4 rings (SSSR count). The van der Waals surface area contributed by atoms with Crippen molar-refractivity contribution in [1.82, 2.24) is 9.84 Å². The SMILES string of the molecule is Cc1ccc(S(=O)(=O)N(NC2=NS(=O)(=O)c3ccccc32)C(=O)c2ccccc2Br)c(C)c1. The number of hydrazine groups is 1. The maximum absolute atomic E-state index is 13.7. The molecule has 1 N–H and O–H groups in total. The number of benzene rings is 3. The Kier molecular flexibility index (Phi) is 5.89. The van der Waals surface area contributed by atoms with E-state index in [9.17, 15) is 21.6 Å². The summed E-state index contributed by atoms with van der Waals surface area (Å²) < 4.78 is 56.8. The number of fused-ring (bicyclic) bond motifs is 1. The number of aryl methyl sites for hydroxylation is 2. The molecule has 170 valence electrons. The molecule has 1 amide bonds. The first kappa shape index (κ1) is 23.1. The van der Waals surface area contributed by atoms with Crippen LogP contribution in [0.1, 0.15) is 27.0 Å². The molecule has 0 saturated carbocycles. The summed E-state index contributed by atoms with van der Waals surface area (Å²) in [5.41, 5.74) is 3.99. The number of hydrogen-bond donors (Lipinski definition) is 1. The Morgan fingerprint density at radius 3 is 2.36 bits per heavy atom. The van der Waals surface area contributed by atoms with E-state index >= 15 is 0 Å². The van der Waals surface area contributed by atoms with Crippen LogP contribution >= 0.6 is 15.9 Å². The van der Waals surface area contributed by atoms with E-state index in [2.05, 4.69) is 25.8 Å². The molecule has 0 radical (unpaired) electrons. The molecule has 1 aliphatic rings. The molecule has 1 aliphatic heterocycles. The summed E-state index contributed by atoms with van der Waals surface area (Å²) in [5, 5.41) is 0. The van der Waals surface area contributed by atoms with Crippen LogP contribution < -0.4 is 5.43 Å². The van der Waals surface area contributed by atoms with E-state index in [1.807, 2.05) is 6.92 Å². The van der Waals surface area contributed by atoms with Crippen molar-refractivity contribution in [3.8, 4) is 0 Å². The third kappa shape index (κ3) is 4.19. The van der Waals surface area contributed by atoms with Crippen molar-refractivity contribution >= 4 is 47.7 Å². The Hall–Kier alpha value is -3.02. The third-order valence-corrected chi connectivity index (χ3v) is 8.75. The lowest BCUT2D eigenvalue weighted by Gasteiger charge is -2.25. The predicted octanol–water partition coefficient (Wildman–Crippen LogP) is 3.55. The van der Waals surface area contributed by atoms with E-state index < -0.39 is 26.0 Å². The first-order valence-corrected chi connectivity index (χ1v) is 13.3. The number of halogens is 1. The molecule has 11 heteroatoms. The molecule has 0 unspecified atom stereocenters. The van der Waals surface area contributed by atoms with E-state index in [-0.39, 0.29) is 26.8 Å². The first-order valence-electron chi connectivity index (χ1n) is 9.65. The lowest BCUT2D eigenvalue weighted by atomic mass is 10.2. The van der Waals surface area contributed by atoms with Gasteiger partial charge in [0.05, 0.1) is 10.5 Å². The smallest absolute Gasteiger partial charge is 0.266 e. The van der Waals surface area contributed by atoms with Crippen LogP contribution in [0, 0.1) is 13.8 Å². The van der Waals surface area contributed by atoms with Crippen LogP contribution in [0.5, 0.6) is 0 Å². The molecule has 3 aromatic carbocycles. The molecule has 0 spiro atoms. The number of carbonyl (C=O) groups is 1.